The van der Waals surface area contributed by atoms with Crippen LogP contribution < -0.4 is 4.72 Å². The molecule has 2 N–H and O–H groups in total. The Hall–Kier alpha value is -1.00. The maximum Gasteiger partial charge on any atom is 0.140 e. The Balaban J connectivity index is 2.52. The highest BCUT2D eigenvalue weighted by molar-refractivity contribution is 9.10. The summed E-state index contributed by atoms with van der Waals surface area (Å²) in [6, 6.07) is 2.07. The van der Waals surface area contributed by atoms with Gasteiger partial charge in [0.1, 0.15) is 22.1 Å². The number of aliphatic hydroxyl groups is 1. The van der Waals surface area contributed by atoms with Crippen LogP contribution in [0.2, 0.25) is 0 Å². The van der Waals surface area contributed by atoms with E-state index in [1.54, 1.807) is 41.5 Å². The number of nitrogens with one attached hydrogen (secondary N) is 1. The molecule has 1 heterocycles. The molecular weight excluding hydrogens is 454 g/mol. The zero-order chi connectivity index (χ0) is 21.4. The van der Waals surface area contributed by atoms with Crippen molar-refractivity contribution in [3.05, 3.63) is 50.8 Å². The molecule has 0 bridgehead atoms. The van der Waals surface area contributed by atoms with Gasteiger partial charge in [0.2, 0.25) is 0 Å². The normalized spacial score (nSPS) is 16.7. The van der Waals surface area contributed by atoms with E-state index in [1.807, 2.05) is 0 Å². The van der Waals surface area contributed by atoms with Gasteiger partial charge in [-0.05, 0) is 63.5 Å². The van der Waals surface area contributed by atoms with E-state index >= 15 is 0 Å². The third-order valence-electron chi connectivity index (χ3n) is 4.50. The zero-order valence-corrected chi connectivity index (χ0v) is 19.1. The molecule has 0 spiro atoms. The summed E-state index contributed by atoms with van der Waals surface area (Å²) in [5, 5.41) is 14.7. The van der Waals surface area contributed by atoms with Crippen LogP contribution in [0.4, 0.5) is 8.78 Å². The fourth-order valence-corrected chi connectivity index (χ4v) is 4.22. The number of nitrogens with zero attached hydrogens (tertiary/aromatic N) is 1. The number of aliphatic hydroxyl groups excluding tert-OH is 1. The number of rotatable bonds is 6. The van der Waals surface area contributed by atoms with Crippen molar-refractivity contribution in [2.45, 2.75) is 64.4 Å². The van der Waals surface area contributed by atoms with Crippen LogP contribution in [0.5, 0.6) is 0 Å². The van der Waals surface area contributed by atoms with Gasteiger partial charge in [-0.1, -0.05) is 5.16 Å². The van der Waals surface area contributed by atoms with Crippen molar-refractivity contribution in [1.29, 1.82) is 0 Å². The van der Waals surface area contributed by atoms with Gasteiger partial charge < -0.3 is 14.2 Å². The molecule has 0 aliphatic carbocycles. The van der Waals surface area contributed by atoms with E-state index < -0.39 is 39.4 Å². The molecule has 156 valence electrons. The maximum atomic E-state index is 14.7. The molecular formula is C19H25BrF2N2O3S. The highest BCUT2D eigenvalue weighted by Gasteiger charge is 2.41. The summed E-state index contributed by atoms with van der Waals surface area (Å²) in [7, 11) is 0. The predicted molar refractivity (Wildman–Crippen MR) is 108 cm³/mol. The van der Waals surface area contributed by atoms with Gasteiger partial charge in [-0.3, -0.25) is 0 Å². The Bertz CT molecular complexity index is 837. The lowest BCUT2D eigenvalue weighted by molar-refractivity contribution is 0.128. The maximum absolute atomic E-state index is 14.7. The van der Waals surface area contributed by atoms with Crippen LogP contribution in [0.25, 0.3) is 0 Å². The van der Waals surface area contributed by atoms with E-state index in [4.69, 9.17) is 4.52 Å². The van der Waals surface area contributed by atoms with E-state index in [-0.39, 0.29) is 16.5 Å². The average Bonchev–Trinajstić information content (AvgIpc) is 2.88. The first-order chi connectivity index (χ1) is 12.8. The topological polar surface area (TPSA) is 81.4 Å². The van der Waals surface area contributed by atoms with Crippen molar-refractivity contribution >= 4 is 27.3 Å². The van der Waals surface area contributed by atoms with Crippen molar-refractivity contribution in [3.63, 3.8) is 0 Å². The molecule has 3 atom stereocenters. The fourth-order valence-electron chi connectivity index (χ4n) is 2.96. The first kappa shape index (κ1) is 23.3. The molecule has 1 aromatic carbocycles. The minimum absolute atomic E-state index is 0.0350. The number of aryl methyl sites for hydroxylation is 2. The fraction of sp³-hybridized carbons (Fsp3) is 0.526. The first-order valence-corrected chi connectivity index (χ1v) is 10.7. The van der Waals surface area contributed by atoms with Gasteiger partial charge in [-0.2, -0.15) is 0 Å². The quantitative estimate of drug-likeness (QED) is 0.463. The molecule has 28 heavy (non-hydrogen) atoms. The summed E-state index contributed by atoms with van der Waals surface area (Å²) < 4.78 is 48.8. The van der Waals surface area contributed by atoms with E-state index in [0.717, 1.165) is 6.07 Å². The van der Waals surface area contributed by atoms with Crippen molar-refractivity contribution in [2.24, 2.45) is 0 Å². The highest BCUT2D eigenvalue weighted by Crippen LogP contribution is 2.38. The summed E-state index contributed by atoms with van der Waals surface area (Å²) in [5.74, 6) is -1.09. The molecule has 1 aromatic heterocycles. The lowest BCUT2D eigenvalue weighted by Crippen LogP contribution is -2.51. The molecule has 0 aliphatic heterocycles. The molecule has 0 saturated heterocycles. The van der Waals surface area contributed by atoms with Gasteiger partial charge in [-0.15, -0.1) is 4.72 Å². The van der Waals surface area contributed by atoms with Gasteiger partial charge >= 0.3 is 0 Å². The Kier molecular flexibility index (Phi) is 6.98. The third kappa shape index (κ3) is 4.94. The lowest BCUT2D eigenvalue weighted by atomic mass is 9.85. The summed E-state index contributed by atoms with van der Waals surface area (Å²) in [6.45, 7) is 10.3. The van der Waals surface area contributed by atoms with Gasteiger partial charge in [0.15, 0.2) is 0 Å². The van der Waals surface area contributed by atoms with Crippen LogP contribution in [0.1, 0.15) is 62.8 Å². The largest absolute Gasteiger partial charge is 0.598 e. The molecule has 1 unspecified atom stereocenters. The van der Waals surface area contributed by atoms with Crippen LogP contribution in [0, 0.1) is 25.5 Å². The average molecular weight is 479 g/mol. The van der Waals surface area contributed by atoms with Gasteiger partial charge in [0, 0.05) is 35.0 Å². The molecule has 9 heteroatoms. The molecule has 0 saturated carbocycles. The summed E-state index contributed by atoms with van der Waals surface area (Å²) in [6.07, 6.45) is -1.10. The highest BCUT2D eigenvalue weighted by atomic mass is 79.9. The molecule has 0 amide bonds. The van der Waals surface area contributed by atoms with Gasteiger partial charge in [0.25, 0.3) is 0 Å². The summed E-state index contributed by atoms with van der Waals surface area (Å²) >= 11 is 1.50. The zero-order valence-electron chi connectivity index (χ0n) is 16.7. The SMILES string of the molecule is Cc1noc(C)c1[C@H](O)C[C@](C)(N[S+]([O-])C(C)(C)C)c1cc(Br)c(F)cc1F. The number of benzene rings is 1. The van der Waals surface area contributed by atoms with Crippen LogP contribution in [0.3, 0.4) is 0 Å². The summed E-state index contributed by atoms with van der Waals surface area (Å²) in [4.78, 5) is 0. The van der Waals surface area contributed by atoms with Crippen molar-refractivity contribution < 1.29 is 23.0 Å². The Morgan fingerprint density at radius 3 is 2.36 bits per heavy atom. The smallest absolute Gasteiger partial charge is 0.140 e. The number of hydrogen-bond donors (Lipinski definition) is 2. The minimum Gasteiger partial charge on any atom is -0.598 e. The second-order valence-electron chi connectivity index (χ2n) is 8.02. The van der Waals surface area contributed by atoms with Gasteiger partial charge in [-0.25, -0.2) is 8.78 Å². The monoisotopic (exact) mass is 478 g/mol. The summed E-state index contributed by atoms with van der Waals surface area (Å²) in [5.41, 5.74) is -0.168. The minimum atomic E-state index is -1.58. The van der Waals surface area contributed by atoms with Crippen LogP contribution in [0.15, 0.2) is 21.1 Å². The van der Waals surface area contributed by atoms with Crippen LogP contribution in [-0.4, -0.2) is 19.6 Å². The van der Waals surface area contributed by atoms with Crippen molar-refractivity contribution in [3.8, 4) is 0 Å². The van der Waals surface area contributed by atoms with Gasteiger partial charge in [0.05, 0.1) is 21.8 Å². The Morgan fingerprint density at radius 1 is 1.25 bits per heavy atom. The van der Waals surface area contributed by atoms with Crippen LogP contribution in [-0.2, 0) is 16.9 Å². The van der Waals surface area contributed by atoms with E-state index in [9.17, 15) is 18.4 Å². The van der Waals surface area contributed by atoms with Crippen molar-refractivity contribution in [2.75, 3.05) is 0 Å². The molecule has 0 fully saturated rings. The van der Waals surface area contributed by atoms with E-state index in [2.05, 4.69) is 25.8 Å². The number of aromatic nitrogens is 1. The lowest BCUT2D eigenvalue weighted by Gasteiger charge is -2.36. The van der Waals surface area contributed by atoms with Crippen LogP contribution >= 0.6 is 15.9 Å². The molecule has 5 nitrogen and oxygen atoms in total. The van der Waals surface area contributed by atoms with Crippen molar-refractivity contribution in [1.82, 2.24) is 9.88 Å². The predicted octanol–water partition coefficient (Wildman–Crippen LogP) is 4.72. The third-order valence-corrected chi connectivity index (χ3v) is 6.86. The number of hydrogen-bond acceptors (Lipinski definition) is 5. The standard InChI is InChI=1S/C19H25BrF2N2O3S/c1-10-17(11(2)27-23-10)16(25)9-19(6,24-28(26)18(3,4)5)12-7-13(20)15(22)8-14(12)21/h7-8,16,24-25H,9H2,1-6H3/t16-,19+,28?/m1/s1. The Morgan fingerprint density at radius 2 is 1.86 bits per heavy atom. The number of halogens is 3. The molecule has 2 rings (SSSR count). The Labute approximate surface area is 175 Å². The first-order valence-electron chi connectivity index (χ1n) is 8.72. The second kappa shape index (κ2) is 8.39. The van der Waals surface area contributed by atoms with E-state index in [1.165, 1.54) is 6.07 Å². The second-order valence-corrected chi connectivity index (χ2v) is 10.8. The molecule has 2 aromatic rings. The van der Waals surface area contributed by atoms with E-state index in [0.29, 0.717) is 17.0 Å². The molecule has 0 radical (unpaired) electrons. The molecule has 0 aliphatic rings.